The molecule has 0 aromatic rings. The molecule has 6 heteroatoms. The van der Waals surface area contributed by atoms with Crippen LogP contribution in [-0.2, 0) is 28.6 Å². The number of ether oxygens (including phenoxy) is 3. The lowest BCUT2D eigenvalue weighted by Gasteiger charge is -2.18. The SMILES string of the molecule is CC/C=C\C/C=C\C/C=C\C/C=C\C/C=C\CCCCCC(=O)OC[C@H](COC(=O)CCCCCCCCCCCCCCC)OC(=O)CCCCC/C=C\C/C=C\C/C=C\C/C=C\CCCCC. The minimum atomic E-state index is -0.809. The number of allylic oxidation sites excluding steroid dienone is 18. The van der Waals surface area contributed by atoms with E-state index in [1.165, 1.54) is 89.9 Å². The molecule has 0 N–H and O–H groups in total. The molecule has 0 aliphatic carbocycles. The second-order valence-corrected chi connectivity index (χ2v) is 18.5. The Morgan fingerprint density at radius 2 is 0.565 bits per heavy atom. The van der Waals surface area contributed by atoms with Gasteiger partial charge in [0.1, 0.15) is 13.2 Å². The maximum absolute atomic E-state index is 12.8. The van der Waals surface area contributed by atoms with E-state index in [9.17, 15) is 14.4 Å². The number of unbranched alkanes of at least 4 members (excludes halogenated alkanes) is 21. The lowest BCUT2D eigenvalue weighted by Crippen LogP contribution is -2.30. The highest BCUT2D eigenvalue weighted by Gasteiger charge is 2.19. The summed E-state index contributed by atoms with van der Waals surface area (Å²) in [5.41, 5.74) is 0. The van der Waals surface area contributed by atoms with Crippen molar-refractivity contribution in [1.29, 1.82) is 0 Å². The van der Waals surface area contributed by atoms with Gasteiger partial charge in [-0.05, 0) is 109 Å². The standard InChI is InChI=1S/C63H104O6/c1-4-7-10-13-16-19-22-25-27-29-31-33-35-38-41-44-47-50-53-56-62(65)68-59-60(58-67-61(64)55-52-49-46-43-40-37-24-21-18-15-12-9-6-3)69-63(66)57-54-51-48-45-42-39-36-34-32-30-28-26-23-20-17-14-11-8-5-2/h7,10,16-17,19-20,25-28,31-34,38-39,41-42,60H,4-6,8-9,11-15,18,21-24,29-30,35-37,40,43-59H2,1-3H3/b10-7-,19-16-,20-17-,27-25-,28-26-,33-31-,34-32-,41-38-,42-39-/t60-/m0/s1. The Bertz CT molecular complexity index is 1420. The monoisotopic (exact) mass is 957 g/mol. The van der Waals surface area contributed by atoms with E-state index in [-0.39, 0.29) is 37.5 Å². The molecule has 0 bridgehead atoms. The largest absolute Gasteiger partial charge is 0.462 e. The Labute approximate surface area is 425 Å². The predicted octanol–water partition coefficient (Wildman–Crippen LogP) is 19.1. The second-order valence-electron chi connectivity index (χ2n) is 18.5. The third-order valence-electron chi connectivity index (χ3n) is 11.8. The summed E-state index contributed by atoms with van der Waals surface area (Å²) in [7, 11) is 0. The number of hydrogen-bond acceptors (Lipinski definition) is 6. The summed E-state index contributed by atoms with van der Waals surface area (Å²) in [6, 6.07) is 0. The van der Waals surface area contributed by atoms with Gasteiger partial charge in [-0.15, -0.1) is 0 Å². The van der Waals surface area contributed by atoms with Crippen LogP contribution >= 0.6 is 0 Å². The first-order chi connectivity index (χ1) is 34.0. The number of carbonyl (C=O) groups excluding carboxylic acids is 3. The maximum Gasteiger partial charge on any atom is 0.306 e. The molecule has 0 spiro atoms. The van der Waals surface area contributed by atoms with E-state index in [1.807, 2.05) is 0 Å². The van der Waals surface area contributed by atoms with Crippen molar-refractivity contribution in [2.45, 2.75) is 258 Å². The maximum atomic E-state index is 12.8. The van der Waals surface area contributed by atoms with Crippen LogP contribution < -0.4 is 0 Å². The van der Waals surface area contributed by atoms with Crippen molar-refractivity contribution in [2.75, 3.05) is 13.2 Å². The summed E-state index contributed by atoms with van der Waals surface area (Å²) in [5.74, 6) is -0.966. The van der Waals surface area contributed by atoms with E-state index in [0.29, 0.717) is 12.8 Å². The molecule has 0 heterocycles. The molecule has 0 aromatic heterocycles. The molecular formula is C63H104O6. The molecule has 0 rings (SSSR count). The summed E-state index contributed by atoms with van der Waals surface area (Å²) in [6.07, 6.45) is 76.4. The quantitative estimate of drug-likeness (QED) is 0.0262. The first-order valence-electron chi connectivity index (χ1n) is 28.4. The molecule has 0 aromatic carbocycles. The Kier molecular flexibility index (Phi) is 53.4. The van der Waals surface area contributed by atoms with Gasteiger partial charge in [0.25, 0.3) is 0 Å². The van der Waals surface area contributed by atoms with E-state index in [0.717, 1.165) is 122 Å². The average Bonchev–Trinajstić information content (AvgIpc) is 3.35. The average molecular weight is 958 g/mol. The van der Waals surface area contributed by atoms with Crippen LogP contribution in [0, 0.1) is 0 Å². The highest BCUT2D eigenvalue weighted by atomic mass is 16.6. The molecule has 0 radical (unpaired) electrons. The van der Waals surface area contributed by atoms with Crippen molar-refractivity contribution in [3.8, 4) is 0 Å². The van der Waals surface area contributed by atoms with Gasteiger partial charge in [-0.1, -0.05) is 233 Å². The van der Waals surface area contributed by atoms with Gasteiger partial charge < -0.3 is 14.2 Å². The Morgan fingerprint density at radius 3 is 0.913 bits per heavy atom. The third-order valence-corrected chi connectivity index (χ3v) is 11.8. The lowest BCUT2D eigenvalue weighted by molar-refractivity contribution is -0.167. The van der Waals surface area contributed by atoms with E-state index in [4.69, 9.17) is 14.2 Å². The molecule has 1 atom stereocenters. The van der Waals surface area contributed by atoms with Crippen LogP contribution in [0.5, 0.6) is 0 Å². The molecule has 0 saturated carbocycles. The fourth-order valence-electron chi connectivity index (χ4n) is 7.51. The Balaban J connectivity index is 4.51. The van der Waals surface area contributed by atoms with E-state index >= 15 is 0 Å². The zero-order valence-corrected chi connectivity index (χ0v) is 44.8. The Hall–Kier alpha value is -3.93. The van der Waals surface area contributed by atoms with Crippen LogP contribution in [0.4, 0.5) is 0 Å². The minimum absolute atomic E-state index is 0.102. The van der Waals surface area contributed by atoms with Crippen LogP contribution in [0.3, 0.4) is 0 Å². The van der Waals surface area contributed by atoms with Crippen molar-refractivity contribution in [2.24, 2.45) is 0 Å². The predicted molar refractivity (Wildman–Crippen MR) is 297 cm³/mol. The van der Waals surface area contributed by atoms with Gasteiger partial charge in [0.2, 0.25) is 0 Å². The zero-order valence-electron chi connectivity index (χ0n) is 44.8. The first-order valence-corrected chi connectivity index (χ1v) is 28.4. The van der Waals surface area contributed by atoms with Gasteiger partial charge in [-0.25, -0.2) is 0 Å². The summed E-state index contributed by atoms with van der Waals surface area (Å²) in [5, 5.41) is 0. The van der Waals surface area contributed by atoms with E-state index < -0.39 is 6.10 Å². The van der Waals surface area contributed by atoms with Gasteiger partial charge in [-0.2, -0.15) is 0 Å². The molecule has 0 aliphatic heterocycles. The Morgan fingerprint density at radius 1 is 0.304 bits per heavy atom. The first kappa shape index (κ1) is 65.1. The van der Waals surface area contributed by atoms with Gasteiger partial charge in [-0.3, -0.25) is 14.4 Å². The summed E-state index contributed by atoms with van der Waals surface area (Å²) < 4.78 is 16.8. The van der Waals surface area contributed by atoms with Crippen molar-refractivity contribution in [1.82, 2.24) is 0 Å². The van der Waals surface area contributed by atoms with E-state index in [1.54, 1.807) is 0 Å². The second kappa shape index (κ2) is 56.7. The van der Waals surface area contributed by atoms with Crippen LogP contribution in [0.25, 0.3) is 0 Å². The van der Waals surface area contributed by atoms with Crippen molar-refractivity contribution in [3.63, 3.8) is 0 Å². The zero-order chi connectivity index (χ0) is 50.0. The molecule has 0 fully saturated rings. The lowest BCUT2D eigenvalue weighted by atomic mass is 10.0. The van der Waals surface area contributed by atoms with Gasteiger partial charge in [0, 0.05) is 19.3 Å². The smallest absolute Gasteiger partial charge is 0.306 e. The highest BCUT2D eigenvalue weighted by molar-refractivity contribution is 5.71. The van der Waals surface area contributed by atoms with Gasteiger partial charge in [0.05, 0.1) is 0 Å². The van der Waals surface area contributed by atoms with Crippen LogP contribution in [0.2, 0.25) is 0 Å². The summed E-state index contributed by atoms with van der Waals surface area (Å²) in [6.45, 7) is 6.44. The van der Waals surface area contributed by atoms with Crippen LogP contribution in [-0.4, -0.2) is 37.2 Å². The molecule has 0 aliphatic rings. The van der Waals surface area contributed by atoms with Crippen molar-refractivity contribution < 1.29 is 28.6 Å². The molecule has 6 nitrogen and oxygen atoms in total. The highest BCUT2D eigenvalue weighted by Crippen LogP contribution is 2.14. The minimum Gasteiger partial charge on any atom is -0.462 e. The molecule has 69 heavy (non-hydrogen) atoms. The molecule has 392 valence electrons. The molecular weight excluding hydrogens is 853 g/mol. The normalized spacial score (nSPS) is 12.9. The molecule has 0 saturated heterocycles. The van der Waals surface area contributed by atoms with Crippen molar-refractivity contribution in [3.05, 3.63) is 109 Å². The summed E-state index contributed by atoms with van der Waals surface area (Å²) >= 11 is 0. The van der Waals surface area contributed by atoms with Crippen molar-refractivity contribution >= 4 is 17.9 Å². The van der Waals surface area contributed by atoms with Gasteiger partial charge in [0.15, 0.2) is 6.10 Å². The van der Waals surface area contributed by atoms with Crippen LogP contribution in [0.15, 0.2) is 109 Å². The number of rotatable bonds is 50. The fraction of sp³-hybridized carbons (Fsp3) is 0.667. The summed E-state index contributed by atoms with van der Waals surface area (Å²) in [4.78, 5) is 38.1. The fourth-order valence-corrected chi connectivity index (χ4v) is 7.51. The van der Waals surface area contributed by atoms with Gasteiger partial charge >= 0.3 is 17.9 Å². The number of hydrogen-bond donors (Lipinski definition) is 0. The molecule has 0 amide bonds. The molecule has 0 unspecified atom stereocenters. The number of carbonyl (C=O) groups is 3. The van der Waals surface area contributed by atoms with E-state index in [2.05, 4.69) is 130 Å². The third kappa shape index (κ3) is 54.9. The number of esters is 3. The van der Waals surface area contributed by atoms with Crippen LogP contribution in [0.1, 0.15) is 252 Å². The topological polar surface area (TPSA) is 78.9 Å².